The van der Waals surface area contributed by atoms with Gasteiger partial charge in [-0.1, -0.05) is 32.2 Å². The lowest BCUT2D eigenvalue weighted by Gasteiger charge is -2.41. The second kappa shape index (κ2) is 10.0. The number of rotatable bonds is 10. The molecule has 1 fully saturated rings. The topological polar surface area (TPSA) is 144 Å². The Morgan fingerprint density at radius 3 is 2.33 bits per heavy atom. The molecule has 0 bridgehead atoms. The van der Waals surface area contributed by atoms with E-state index in [1.807, 2.05) is 0 Å². The van der Waals surface area contributed by atoms with Crippen molar-refractivity contribution in [2.24, 2.45) is 11.8 Å². The van der Waals surface area contributed by atoms with E-state index >= 15 is 0 Å². The highest BCUT2D eigenvalue weighted by molar-refractivity contribution is 6.62. The Kier molecular flexibility index (Phi) is 8.09. The second-order valence-corrected chi connectivity index (χ2v) is 5.72. The maximum absolute atomic E-state index is 12.4. The van der Waals surface area contributed by atoms with Crippen molar-refractivity contribution in [3.05, 3.63) is 30.8 Å². The molecule has 0 aromatic rings. The molecule has 1 heterocycles. The number of nitrogens with one attached hydrogen (secondary N) is 1. The molecule has 0 aromatic carbocycles. The van der Waals surface area contributed by atoms with Gasteiger partial charge in [-0.15, -0.1) is 0 Å². The van der Waals surface area contributed by atoms with Crippen LogP contribution in [0.15, 0.2) is 25.3 Å². The Labute approximate surface area is 155 Å². The van der Waals surface area contributed by atoms with Gasteiger partial charge in [0, 0.05) is 5.92 Å². The summed E-state index contributed by atoms with van der Waals surface area (Å²) in [4.78, 5) is 50.3. The molecule has 0 aromatic heterocycles. The number of Topliss-reactive ketones (excluding diaryl/α,β-unsaturated/α-hetero) is 1. The maximum atomic E-state index is 12.4. The molecule has 27 heavy (non-hydrogen) atoms. The van der Waals surface area contributed by atoms with E-state index in [1.54, 1.807) is 0 Å². The van der Waals surface area contributed by atoms with Gasteiger partial charge in [-0.05, 0) is 6.92 Å². The summed E-state index contributed by atoms with van der Waals surface area (Å²) in [6, 6.07) is -0.740. The molecular formula is C17H21N3O7. The van der Waals surface area contributed by atoms with Gasteiger partial charge in [-0.25, -0.2) is 9.59 Å². The van der Waals surface area contributed by atoms with Gasteiger partial charge < -0.3 is 25.1 Å². The van der Waals surface area contributed by atoms with Crippen LogP contribution in [-0.2, 0) is 28.6 Å². The Morgan fingerprint density at radius 1 is 1.22 bits per heavy atom. The quantitative estimate of drug-likeness (QED) is 0.110. The zero-order valence-electron chi connectivity index (χ0n) is 15.0. The molecule has 1 saturated heterocycles. The Morgan fingerprint density at radius 2 is 1.81 bits per heavy atom. The summed E-state index contributed by atoms with van der Waals surface area (Å²) in [6.45, 7) is 9.44. The molecule has 0 saturated carbocycles. The minimum absolute atomic E-state index is 0.0517. The predicted molar refractivity (Wildman–Crippen MR) is 91.5 cm³/mol. The molecule has 10 nitrogen and oxygen atoms in total. The summed E-state index contributed by atoms with van der Waals surface area (Å²) in [5.41, 5.74) is 8.17. The second-order valence-electron chi connectivity index (χ2n) is 5.72. The third-order valence-corrected chi connectivity index (χ3v) is 3.92. The molecule has 1 aliphatic heterocycles. The number of ether oxygens (including phenoxy) is 3. The average molecular weight is 379 g/mol. The maximum Gasteiger partial charge on any atom is 0.508 e. The van der Waals surface area contributed by atoms with Crippen LogP contribution < -0.4 is 5.32 Å². The van der Waals surface area contributed by atoms with Crippen LogP contribution in [0, 0.1) is 11.8 Å². The Bertz CT molecular complexity index is 697. The number of β-lactam (4-membered cyclic amide) rings is 1. The van der Waals surface area contributed by atoms with E-state index in [2.05, 4.69) is 32.7 Å². The van der Waals surface area contributed by atoms with Gasteiger partial charge >= 0.3 is 17.8 Å². The third-order valence-electron chi connectivity index (χ3n) is 3.92. The molecule has 0 spiro atoms. The molecule has 4 atom stereocenters. The molecule has 146 valence electrons. The highest BCUT2D eigenvalue weighted by atomic mass is 16.7. The van der Waals surface area contributed by atoms with Gasteiger partial charge in [0.1, 0.15) is 19.3 Å². The van der Waals surface area contributed by atoms with Crippen LogP contribution in [0.1, 0.15) is 13.8 Å². The molecule has 1 aliphatic rings. The molecule has 0 unspecified atom stereocenters. The summed E-state index contributed by atoms with van der Waals surface area (Å²) in [5, 5.41) is 2.52. The van der Waals surface area contributed by atoms with Crippen LogP contribution in [-0.4, -0.2) is 59.7 Å². The van der Waals surface area contributed by atoms with Crippen molar-refractivity contribution >= 4 is 29.5 Å². The largest absolute Gasteiger partial charge is 0.508 e. The first kappa shape index (κ1) is 21.8. The molecule has 10 heteroatoms. The Balaban J connectivity index is 2.80. The zero-order chi connectivity index (χ0) is 20.6. The van der Waals surface area contributed by atoms with Crippen molar-refractivity contribution in [1.29, 1.82) is 0 Å². The number of carbonyl (C=O) groups excluding carboxylic acids is 4. The molecule has 0 radical (unpaired) electrons. The van der Waals surface area contributed by atoms with Crippen molar-refractivity contribution in [1.82, 2.24) is 5.32 Å². The number of hydrogen-bond acceptors (Lipinski definition) is 7. The van der Waals surface area contributed by atoms with Crippen LogP contribution in [0.3, 0.4) is 0 Å². The van der Waals surface area contributed by atoms with E-state index < -0.39 is 53.5 Å². The fourth-order valence-electron chi connectivity index (χ4n) is 2.52. The fraction of sp³-hybridized carbons (Fsp3) is 0.471. The minimum Gasteiger partial charge on any atom is -0.453 e. The van der Waals surface area contributed by atoms with E-state index in [4.69, 9.17) is 10.3 Å². The van der Waals surface area contributed by atoms with E-state index in [0.29, 0.717) is 0 Å². The molecule has 1 rings (SSSR count). The van der Waals surface area contributed by atoms with Crippen LogP contribution >= 0.6 is 0 Å². The van der Waals surface area contributed by atoms with Crippen LogP contribution in [0.5, 0.6) is 0 Å². The van der Waals surface area contributed by atoms with Crippen molar-refractivity contribution in [2.45, 2.75) is 26.0 Å². The molecular weight excluding hydrogens is 358 g/mol. The predicted octanol–water partition coefficient (Wildman–Crippen LogP) is 0.434. The first-order valence-electron chi connectivity index (χ1n) is 8.07. The van der Waals surface area contributed by atoms with E-state index in [1.165, 1.54) is 26.0 Å². The highest BCUT2D eigenvalue weighted by Crippen LogP contribution is 2.28. The summed E-state index contributed by atoms with van der Waals surface area (Å²) in [7, 11) is 0. The minimum atomic E-state index is -1.12. The summed E-state index contributed by atoms with van der Waals surface area (Å²) < 4.78 is 14.4. The first-order valence-corrected chi connectivity index (χ1v) is 8.07. The van der Waals surface area contributed by atoms with Crippen molar-refractivity contribution in [2.75, 3.05) is 13.2 Å². The van der Waals surface area contributed by atoms with Crippen molar-refractivity contribution < 1.29 is 38.2 Å². The van der Waals surface area contributed by atoms with E-state index in [-0.39, 0.29) is 13.2 Å². The number of carbonyl (C=O) groups is 4. The number of esters is 1. The summed E-state index contributed by atoms with van der Waals surface area (Å²) in [5.74, 6) is -4.16. The molecule has 1 amide bonds. The van der Waals surface area contributed by atoms with Crippen molar-refractivity contribution in [3.63, 3.8) is 0 Å². The lowest BCUT2D eigenvalue weighted by Crippen LogP contribution is -2.66. The Hall–Kier alpha value is -3.26. The van der Waals surface area contributed by atoms with Crippen LogP contribution in [0.2, 0.25) is 0 Å². The van der Waals surface area contributed by atoms with E-state index in [9.17, 15) is 19.2 Å². The fourth-order valence-corrected chi connectivity index (χ4v) is 2.52. The van der Waals surface area contributed by atoms with Gasteiger partial charge in [0.15, 0.2) is 0 Å². The third kappa shape index (κ3) is 5.35. The normalized spacial score (nSPS) is 19.9. The van der Waals surface area contributed by atoms with Gasteiger partial charge in [0.25, 0.3) is 5.78 Å². The SMILES string of the molecule is C=CCOC(=O)O[C@H](C)[C@H]1C(=O)N[C@@H]1[C@@H](C)C(=O)C(=[N+]=[N-])C(=O)OCC=C. The van der Waals surface area contributed by atoms with Gasteiger partial charge in [-0.3, -0.25) is 9.59 Å². The average Bonchev–Trinajstić information content (AvgIpc) is 2.62. The summed E-state index contributed by atoms with van der Waals surface area (Å²) >= 11 is 0. The highest BCUT2D eigenvalue weighted by Gasteiger charge is 2.51. The van der Waals surface area contributed by atoms with Crippen LogP contribution in [0.25, 0.3) is 5.53 Å². The van der Waals surface area contributed by atoms with Gasteiger partial charge in [0.2, 0.25) is 5.91 Å². The van der Waals surface area contributed by atoms with Gasteiger partial charge in [0.05, 0.1) is 12.0 Å². The summed E-state index contributed by atoms with van der Waals surface area (Å²) in [6.07, 6.45) is 0.768. The number of amides is 1. The molecule has 1 N–H and O–H groups in total. The lowest BCUT2D eigenvalue weighted by molar-refractivity contribution is -0.146. The number of hydrogen-bond donors (Lipinski definition) is 1. The zero-order valence-corrected chi connectivity index (χ0v) is 15.0. The lowest BCUT2D eigenvalue weighted by atomic mass is 9.76. The van der Waals surface area contributed by atoms with Gasteiger partial charge in [-0.2, -0.15) is 4.79 Å². The van der Waals surface area contributed by atoms with Crippen molar-refractivity contribution in [3.8, 4) is 0 Å². The monoisotopic (exact) mass is 379 g/mol. The molecule has 0 aliphatic carbocycles. The number of nitrogens with zero attached hydrogens (tertiary/aromatic N) is 2. The number of ketones is 1. The standard InChI is InChI=1S/C17H21N3O7/c1-5-7-25-16(23)13(20-18)14(21)9(3)12-11(15(22)19-12)10(4)27-17(24)26-8-6-2/h5-6,9-12H,1-2,7-8H2,3-4H3,(H,19,22)/t9-,10-,11-,12-/m1/s1. The smallest absolute Gasteiger partial charge is 0.453 e. The van der Waals surface area contributed by atoms with E-state index in [0.717, 1.165) is 0 Å². The van der Waals surface area contributed by atoms with Crippen LogP contribution in [0.4, 0.5) is 4.79 Å². The first-order chi connectivity index (χ1) is 12.8.